The Bertz CT molecular complexity index is 722. The van der Waals surface area contributed by atoms with Gasteiger partial charge in [0, 0.05) is 43.5 Å². The van der Waals surface area contributed by atoms with Crippen molar-refractivity contribution in [3.05, 3.63) is 53.3 Å². The zero-order chi connectivity index (χ0) is 17.8. The predicted molar refractivity (Wildman–Crippen MR) is 99.2 cm³/mol. The summed E-state index contributed by atoms with van der Waals surface area (Å²) in [7, 11) is 1.96. The van der Waals surface area contributed by atoms with Crippen LogP contribution >= 0.6 is 0 Å². The summed E-state index contributed by atoms with van der Waals surface area (Å²) in [5.41, 5.74) is 3.22. The maximum atomic E-state index is 12.3. The molecule has 5 heteroatoms. The lowest BCUT2D eigenvalue weighted by molar-refractivity contribution is 0.0949. The Morgan fingerprint density at radius 2 is 2.24 bits per heavy atom. The average molecular weight is 340 g/mol. The quantitative estimate of drug-likeness (QED) is 0.879. The minimum absolute atomic E-state index is 0.0146. The van der Waals surface area contributed by atoms with Gasteiger partial charge in [-0.1, -0.05) is 26.0 Å². The Morgan fingerprint density at radius 1 is 1.40 bits per heavy atom. The number of aryl methyl sites for hydroxylation is 1. The minimum Gasteiger partial charge on any atom is -0.352 e. The zero-order valence-corrected chi connectivity index (χ0v) is 15.4. The van der Waals surface area contributed by atoms with Crippen LogP contribution in [-0.2, 0) is 13.6 Å². The zero-order valence-electron chi connectivity index (χ0n) is 15.4. The van der Waals surface area contributed by atoms with Gasteiger partial charge in [-0.15, -0.1) is 0 Å². The Labute approximate surface area is 150 Å². The highest BCUT2D eigenvalue weighted by Crippen LogP contribution is 2.32. The molecule has 1 N–H and O–H groups in total. The third-order valence-electron chi connectivity index (χ3n) is 4.72. The van der Waals surface area contributed by atoms with Crippen LogP contribution < -0.4 is 5.32 Å². The average Bonchev–Trinajstić information content (AvgIpc) is 3.21. The fourth-order valence-corrected chi connectivity index (χ4v) is 3.45. The Hall–Kier alpha value is -2.14. The van der Waals surface area contributed by atoms with E-state index in [1.807, 2.05) is 36.1 Å². The van der Waals surface area contributed by atoms with Crippen molar-refractivity contribution >= 4 is 5.91 Å². The molecule has 2 aromatic rings. The summed E-state index contributed by atoms with van der Waals surface area (Å²) in [6.45, 7) is 6.86. The second-order valence-electron chi connectivity index (χ2n) is 7.38. The van der Waals surface area contributed by atoms with Crippen LogP contribution in [0.5, 0.6) is 0 Å². The first-order valence-electron chi connectivity index (χ1n) is 9.12. The van der Waals surface area contributed by atoms with Crippen LogP contribution in [0.4, 0.5) is 0 Å². The van der Waals surface area contributed by atoms with Crippen LogP contribution in [0.15, 0.2) is 36.7 Å². The van der Waals surface area contributed by atoms with Gasteiger partial charge in [0.15, 0.2) is 0 Å². The van der Waals surface area contributed by atoms with Gasteiger partial charge in [-0.05, 0) is 43.0 Å². The Kier molecular flexibility index (Phi) is 5.53. The first-order valence-corrected chi connectivity index (χ1v) is 9.12. The van der Waals surface area contributed by atoms with Gasteiger partial charge in [0.1, 0.15) is 0 Å². The summed E-state index contributed by atoms with van der Waals surface area (Å²) in [6, 6.07) is 8.43. The van der Waals surface area contributed by atoms with Crippen LogP contribution in [0.3, 0.4) is 0 Å². The summed E-state index contributed by atoms with van der Waals surface area (Å²) in [5.74, 6) is 0.470. The predicted octanol–water partition coefficient (Wildman–Crippen LogP) is 3.14. The van der Waals surface area contributed by atoms with Crippen LogP contribution in [0.1, 0.15) is 54.2 Å². The van der Waals surface area contributed by atoms with Gasteiger partial charge in [0.05, 0.1) is 6.20 Å². The Morgan fingerprint density at radius 3 is 2.96 bits per heavy atom. The van der Waals surface area contributed by atoms with E-state index in [-0.39, 0.29) is 5.91 Å². The number of hydrogen-bond acceptors (Lipinski definition) is 3. The summed E-state index contributed by atoms with van der Waals surface area (Å²) in [6.07, 6.45) is 6.45. The number of amides is 1. The van der Waals surface area contributed by atoms with Crippen molar-refractivity contribution in [1.29, 1.82) is 0 Å². The van der Waals surface area contributed by atoms with E-state index in [0.29, 0.717) is 18.5 Å². The van der Waals surface area contributed by atoms with Crippen LogP contribution in [-0.4, -0.2) is 33.7 Å². The van der Waals surface area contributed by atoms with E-state index in [2.05, 4.69) is 41.4 Å². The molecule has 0 unspecified atom stereocenters. The fraction of sp³-hybridized carbons (Fsp3) is 0.500. The monoisotopic (exact) mass is 340 g/mol. The maximum absolute atomic E-state index is 12.3. The van der Waals surface area contributed by atoms with Gasteiger partial charge in [-0.2, -0.15) is 5.10 Å². The van der Waals surface area contributed by atoms with E-state index in [9.17, 15) is 4.79 Å². The van der Waals surface area contributed by atoms with Gasteiger partial charge >= 0.3 is 0 Å². The Balaban J connectivity index is 1.68. The molecule has 0 aliphatic carbocycles. The molecule has 1 aromatic heterocycles. The van der Waals surface area contributed by atoms with Crippen molar-refractivity contribution < 1.29 is 4.79 Å². The molecule has 1 saturated heterocycles. The number of aromatic nitrogens is 2. The normalized spacial score (nSPS) is 18.0. The molecule has 2 heterocycles. The third-order valence-corrected chi connectivity index (χ3v) is 4.72. The second-order valence-corrected chi connectivity index (χ2v) is 7.38. The highest BCUT2D eigenvalue weighted by molar-refractivity contribution is 5.94. The topological polar surface area (TPSA) is 50.2 Å². The molecule has 1 aliphatic heterocycles. The standard InChI is InChI=1S/C20H28N4O/c1-15(2)11-21-20(25)17-7-4-6-16(10-17)13-24-9-5-8-19(24)18-12-22-23(3)14-18/h4,6-7,10,12,14-15,19H,5,8-9,11,13H2,1-3H3,(H,21,25)/t19-/m0/s1. The summed E-state index contributed by atoms with van der Waals surface area (Å²) < 4.78 is 1.87. The van der Waals surface area contributed by atoms with E-state index in [1.54, 1.807) is 0 Å². The fourth-order valence-electron chi connectivity index (χ4n) is 3.45. The molecule has 3 rings (SSSR count). The molecule has 0 bridgehead atoms. The molecule has 1 atom stereocenters. The van der Waals surface area contributed by atoms with Crippen LogP contribution in [0, 0.1) is 5.92 Å². The van der Waals surface area contributed by atoms with Crippen molar-refractivity contribution in [2.24, 2.45) is 13.0 Å². The number of carbonyl (C=O) groups is 1. The highest BCUT2D eigenvalue weighted by Gasteiger charge is 2.27. The number of nitrogens with one attached hydrogen (secondary N) is 1. The maximum Gasteiger partial charge on any atom is 0.251 e. The number of benzene rings is 1. The van der Waals surface area contributed by atoms with Gasteiger partial charge in [0.25, 0.3) is 5.91 Å². The lowest BCUT2D eigenvalue weighted by Crippen LogP contribution is -2.27. The summed E-state index contributed by atoms with van der Waals surface area (Å²) in [4.78, 5) is 14.8. The van der Waals surface area contributed by atoms with E-state index in [0.717, 1.165) is 18.7 Å². The molecule has 1 aromatic carbocycles. The van der Waals surface area contributed by atoms with Crippen molar-refractivity contribution in [2.75, 3.05) is 13.1 Å². The second kappa shape index (κ2) is 7.83. The van der Waals surface area contributed by atoms with Gasteiger partial charge in [-0.3, -0.25) is 14.4 Å². The first kappa shape index (κ1) is 17.7. The molecule has 25 heavy (non-hydrogen) atoms. The number of hydrogen-bond donors (Lipinski definition) is 1. The summed E-state index contributed by atoms with van der Waals surface area (Å²) >= 11 is 0. The molecule has 134 valence electrons. The lowest BCUT2D eigenvalue weighted by Gasteiger charge is -2.23. The van der Waals surface area contributed by atoms with E-state index in [4.69, 9.17) is 0 Å². The first-order chi connectivity index (χ1) is 12.0. The van der Waals surface area contributed by atoms with E-state index < -0.39 is 0 Å². The molecule has 5 nitrogen and oxygen atoms in total. The van der Waals surface area contributed by atoms with Crippen molar-refractivity contribution in [3.63, 3.8) is 0 Å². The summed E-state index contributed by atoms with van der Waals surface area (Å²) in [5, 5.41) is 7.30. The lowest BCUT2D eigenvalue weighted by atomic mass is 10.1. The van der Waals surface area contributed by atoms with Crippen LogP contribution in [0.2, 0.25) is 0 Å². The molecule has 1 fully saturated rings. The SMILES string of the molecule is CC(C)CNC(=O)c1cccc(CN2CCC[C@H]2c2cnn(C)c2)c1. The van der Waals surface area contributed by atoms with Crippen molar-refractivity contribution in [2.45, 2.75) is 39.3 Å². The number of rotatable bonds is 6. The smallest absolute Gasteiger partial charge is 0.251 e. The molecular weight excluding hydrogens is 312 g/mol. The molecular formula is C20H28N4O. The van der Waals surface area contributed by atoms with E-state index >= 15 is 0 Å². The molecule has 0 saturated carbocycles. The molecule has 0 spiro atoms. The number of nitrogens with zero attached hydrogens (tertiary/aromatic N) is 3. The van der Waals surface area contributed by atoms with Gasteiger partial charge in [-0.25, -0.2) is 0 Å². The minimum atomic E-state index is 0.0146. The third kappa shape index (κ3) is 4.48. The van der Waals surface area contributed by atoms with Crippen molar-refractivity contribution in [1.82, 2.24) is 20.0 Å². The highest BCUT2D eigenvalue weighted by atomic mass is 16.1. The van der Waals surface area contributed by atoms with E-state index in [1.165, 1.54) is 24.0 Å². The molecule has 1 aliphatic rings. The molecule has 0 radical (unpaired) electrons. The number of carbonyl (C=O) groups excluding carboxylic acids is 1. The van der Waals surface area contributed by atoms with Crippen LogP contribution in [0.25, 0.3) is 0 Å². The van der Waals surface area contributed by atoms with Gasteiger partial charge in [0.2, 0.25) is 0 Å². The largest absolute Gasteiger partial charge is 0.352 e. The van der Waals surface area contributed by atoms with Crippen molar-refractivity contribution in [3.8, 4) is 0 Å². The van der Waals surface area contributed by atoms with Gasteiger partial charge < -0.3 is 5.32 Å². The number of likely N-dealkylation sites (tertiary alicyclic amines) is 1. The molecule has 1 amide bonds.